The van der Waals surface area contributed by atoms with Gasteiger partial charge in [0.15, 0.2) is 0 Å². The maximum atomic E-state index is 13.9. The van der Waals surface area contributed by atoms with Gasteiger partial charge >= 0.3 is 0 Å². The Hall–Kier alpha value is -3.37. The Balaban J connectivity index is 2.02. The predicted octanol–water partition coefficient (Wildman–Crippen LogP) is 6.38. The van der Waals surface area contributed by atoms with Crippen molar-refractivity contribution >= 4 is 9.84 Å². The van der Waals surface area contributed by atoms with Crippen molar-refractivity contribution in [2.24, 2.45) is 0 Å². The summed E-state index contributed by atoms with van der Waals surface area (Å²) in [7, 11) is -3.73. The number of hydrogen-bond donors (Lipinski definition) is 0. The lowest BCUT2D eigenvalue weighted by Gasteiger charge is -2.13. The Kier molecular flexibility index (Phi) is 6.15. The molecule has 4 heteroatoms. The predicted molar refractivity (Wildman–Crippen MR) is 131 cm³/mol. The van der Waals surface area contributed by atoms with Crippen molar-refractivity contribution < 1.29 is 8.42 Å². The summed E-state index contributed by atoms with van der Waals surface area (Å²) in [4.78, 5) is 0.686. The molecule has 0 saturated heterocycles. The van der Waals surface area contributed by atoms with Crippen molar-refractivity contribution in [3.8, 4) is 11.3 Å². The monoisotopic (exact) mass is 441 g/mol. The number of aryl methyl sites for hydroxylation is 1. The normalized spacial score (nSPS) is 11.4. The van der Waals surface area contributed by atoms with Gasteiger partial charge < -0.3 is 4.57 Å². The highest BCUT2D eigenvalue weighted by atomic mass is 32.2. The number of rotatable bonds is 7. The molecule has 0 amide bonds. The lowest BCUT2D eigenvalue weighted by atomic mass is 10.1. The third-order valence-corrected chi connectivity index (χ3v) is 7.69. The summed E-state index contributed by atoms with van der Waals surface area (Å²) in [6.07, 6.45) is 2.46. The van der Waals surface area contributed by atoms with E-state index in [9.17, 15) is 8.42 Å². The van der Waals surface area contributed by atoms with E-state index in [2.05, 4.69) is 23.3 Å². The standard InChI is InChI=1S/C28H27NO2S/c1-4-19-29-26(20-23-11-7-5-8-12-23)22(3)28(27(29)24-13-9-6-10-14-24)32(30,31)25-17-15-21(2)16-18-25/h4-18H,1,19-20H2,2-3H3. The maximum Gasteiger partial charge on any atom is 0.209 e. The molecule has 32 heavy (non-hydrogen) atoms. The summed E-state index contributed by atoms with van der Waals surface area (Å²) in [6, 6.07) is 27.0. The van der Waals surface area contributed by atoms with Crippen LogP contribution in [0.5, 0.6) is 0 Å². The van der Waals surface area contributed by atoms with Crippen molar-refractivity contribution in [3.63, 3.8) is 0 Å². The molecule has 4 rings (SSSR count). The summed E-state index contributed by atoms with van der Waals surface area (Å²) < 4.78 is 30.0. The summed E-state index contributed by atoms with van der Waals surface area (Å²) in [5.74, 6) is 0. The second-order valence-electron chi connectivity index (χ2n) is 7.99. The van der Waals surface area contributed by atoms with Gasteiger partial charge in [-0.15, -0.1) is 6.58 Å². The van der Waals surface area contributed by atoms with E-state index in [0.29, 0.717) is 22.8 Å². The van der Waals surface area contributed by atoms with E-state index in [1.807, 2.05) is 80.6 Å². The first-order chi connectivity index (χ1) is 15.4. The van der Waals surface area contributed by atoms with Crippen LogP contribution in [0.2, 0.25) is 0 Å². The molecule has 3 aromatic carbocycles. The average molecular weight is 442 g/mol. The highest BCUT2D eigenvalue weighted by Crippen LogP contribution is 2.39. The highest BCUT2D eigenvalue weighted by Gasteiger charge is 2.31. The van der Waals surface area contributed by atoms with Crippen molar-refractivity contribution in [2.45, 2.75) is 36.6 Å². The van der Waals surface area contributed by atoms with Gasteiger partial charge in [-0.2, -0.15) is 0 Å². The van der Waals surface area contributed by atoms with Crippen LogP contribution in [0.15, 0.2) is 107 Å². The molecule has 0 spiro atoms. The molecule has 0 aliphatic carbocycles. The molecule has 0 atom stereocenters. The fraction of sp³-hybridized carbons (Fsp3) is 0.143. The molecule has 0 fully saturated rings. The molecular formula is C28H27NO2S. The Morgan fingerprint density at radius 2 is 1.44 bits per heavy atom. The van der Waals surface area contributed by atoms with Crippen molar-refractivity contribution in [3.05, 3.63) is 120 Å². The zero-order valence-corrected chi connectivity index (χ0v) is 19.3. The van der Waals surface area contributed by atoms with Crippen molar-refractivity contribution in [2.75, 3.05) is 0 Å². The van der Waals surface area contributed by atoms with E-state index in [1.165, 1.54) is 0 Å². The molecule has 162 valence electrons. The van der Waals surface area contributed by atoms with Crippen LogP contribution < -0.4 is 0 Å². The number of sulfone groups is 1. The zero-order valence-electron chi connectivity index (χ0n) is 18.5. The molecule has 0 radical (unpaired) electrons. The van der Waals surface area contributed by atoms with Gasteiger partial charge in [0.05, 0.1) is 10.6 Å². The van der Waals surface area contributed by atoms with Gasteiger partial charge in [-0.25, -0.2) is 8.42 Å². The molecular weight excluding hydrogens is 414 g/mol. The largest absolute Gasteiger partial charge is 0.339 e. The molecule has 0 aliphatic rings. The van der Waals surface area contributed by atoms with Gasteiger partial charge in [-0.3, -0.25) is 0 Å². The fourth-order valence-corrected chi connectivity index (χ4v) is 5.90. The van der Waals surface area contributed by atoms with Gasteiger partial charge in [0.1, 0.15) is 4.90 Å². The minimum atomic E-state index is -3.73. The number of aromatic nitrogens is 1. The number of hydrogen-bond acceptors (Lipinski definition) is 2. The van der Waals surface area contributed by atoms with E-state index < -0.39 is 9.84 Å². The third kappa shape index (κ3) is 4.06. The molecule has 0 N–H and O–H groups in total. The van der Waals surface area contributed by atoms with Gasteiger partial charge in [0, 0.05) is 18.7 Å². The number of benzene rings is 3. The van der Waals surface area contributed by atoms with E-state index >= 15 is 0 Å². The van der Waals surface area contributed by atoms with Crippen LogP contribution in [0.4, 0.5) is 0 Å². The van der Waals surface area contributed by atoms with Crippen LogP contribution in [-0.2, 0) is 22.8 Å². The van der Waals surface area contributed by atoms with Crippen LogP contribution >= 0.6 is 0 Å². The minimum absolute atomic E-state index is 0.311. The van der Waals surface area contributed by atoms with Gasteiger partial charge in [0.25, 0.3) is 0 Å². The highest BCUT2D eigenvalue weighted by molar-refractivity contribution is 7.91. The lowest BCUT2D eigenvalue weighted by Crippen LogP contribution is -2.07. The first-order valence-electron chi connectivity index (χ1n) is 10.7. The minimum Gasteiger partial charge on any atom is -0.339 e. The van der Waals surface area contributed by atoms with E-state index in [4.69, 9.17) is 0 Å². The first kappa shape index (κ1) is 21.8. The second-order valence-corrected chi connectivity index (χ2v) is 9.88. The molecule has 1 heterocycles. The van der Waals surface area contributed by atoms with Gasteiger partial charge in [-0.05, 0) is 42.7 Å². The molecule has 4 aromatic rings. The molecule has 0 unspecified atom stereocenters. The van der Waals surface area contributed by atoms with E-state index in [-0.39, 0.29) is 0 Å². The smallest absolute Gasteiger partial charge is 0.209 e. The van der Waals surface area contributed by atoms with Crippen molar-refractivity contribution in [1.29, 1.82) is 0 Å². The van der Waals surface area contributed by atoms with E-state index in [0.717, 1.165) is 33.6 Å². The van der Waals surface area contributed by atoms with Crippen molar-refractivity contribution in [1.82, 2.24) is 4.57 Å². The molecule has 3 nitrogen and oxygen atoms in total. The summed E-state index contributed by atoms with van der Waals surface area (Å²) in [5, 5.41) is 0. The summed E-state index contributed by atoms with van der Waals surface area (Å²) in [6.45, 7) is 8.34. The number of allylic oxidation sites excluding steroid dienone is 1. The van der Waals surface area contributed by atoms with Crippen LogP contribution in [0.3, 0.4) is 0 Å². The molecule has 0 saturated carbocycles. The Morgan fingerprint density at radius 1 is 0.844 bits per heavy atom. The Morgan fingerprint density at radius 3 is 2.03 bits per heavy atom. The molecule has 0 aliphatic heterocycles. The molecule has 0 bridgehead atoms. The fourth-order valence-electron chi connectivity index (χ4n) is 4.16. The average Bonchev–Trinajstić information content (AvgIpc) is 3.08. The number of nitrogens with zero attached hydrogens (tertiary/aromatic N) is 1. The van der Waals surface area contributed by atoms with Crippen LogP contribution in [-0.4, -0.2) is 13.0 Å². The lowest BCUT2D eigenvalue weighted by molar-refractivity contribution is 0.595. The third-order valence-electron chi connectivity index (χ3n) is 5.76. The Labute approximate surface area is 190 Å². The summed E-state index contributed by atoms with van der Waals surface area (Å²) >= 11 is 0. The van der Waals surface area contributed by atoms with Crippen LogP contribution in [0.1, 0.15) is 22.4 Å². The second kappa shape index (κ2) is 9.01. The quantitative estimate of drug-likeness (QED) is 0.312. The van der Waals surface area contributed by atoms with Crippen LogP contribution in [0.25, 0.3) is 11.3 Å². The maximum absolute atomic E-state index is 13.9. The topological polar surface area (TPSA) is 39.1 Å². The molecule has 1 aromatic heterocycles. The van der Waals surface area contributed by atoms with Gasteiger partial charge in [-0.1, -0.05) is 84.4 Å². The van der Waals surface area contributed by atoms with E-state index in [1.54, 1.807) is 12.1 Å². The Bertz CT molecular complexity index is 1330. The first-order valence-corrected chi connectivity index (χ1v) is 12.2. The van der Waals surface area contributed by atoms with Crippen LogP contribution in [0, 0.1) is 13.8 Å². The zero-order chi connectivity index (χ0) is 22.7. The SMILES string of the molecule is C=CCn1c(Cc2ccccc2)c(C)c(S(=O)(=O)c2ccc(C)cc2)c1-c1ccccc1. The van der Waals surface area contributed by atoms with Gasteiger partial charge in [0.2, 0.25) is 9.84 Å². The summed E-state index contributed by atoms with van der Waals surface area (Å²) in [5.41, 5.74) is 5.53.